The summed E-state index contributed by atoms with van der Waals surface area (Å²) in [5.41, 5.74) is 6.10. The fourth-order valence-corrected chi connectivity index (χ4v) is 3.01. The molecule has 1 aromatic heterocycles. The summed E-state index contributed by atoms with van der Waals surface area (Å²) in [5, 5.41) is 0.561. The molecule has 0 spiro atoms. The SMILES string of the molecule is Cc1ccc([C@@H](N)C2CCCS2)o1. The molecule has 0 saturated carbocycles. The molecule has 0 aromatic carbocycles. The van der Waals surface area contributed by atoms with Gasteiger partial charge in [0.15, 0.2) is 0 Å². The second-order valence-corrected chi connectivity index (χ2v) is 4.87. The molecule has 1 fully saturated rings. The third-order valence-corrected chi connectivity index (χ3v) is 3.94. The Hall–Kier alpha value is -0.410. The summed E-state index contributed by atoms with van der Waals surface area (Å²) in [4.78, 5) is 0. The minimum Gasteiger partial charge on any atom is -0.465 e. The lowest BCUT2D eigenvalue weighted by Crippen LogP contribution is -2.20. The maximum absolute atomic E-state index is 6.10. The van der Waals surface area contributed by atoms with E-state index in [0.717, 1.165) is 11.5 Å². The maximum Gasteiger partial charge on any atom is 0.121 e. The van der Waals surface area contributed by atoms with Gasteiger partial charge >= 0.3 is 0 Å². The minimum atomic E-state index is 0.0844. The quantitative estimate of drug-likeness (QED) is 0.791. The van der Waals surface area contributed by atoms with E-state index >= 15 is 0 Å². The van der Waals surface area contributed by atoms with Crippen molar-refractivity contribution in [1.82, 2.24) is 0 Å². The maximum atomic E-state index is 6.10. The molecule has 2 N–H and O–H groups in total. The van der Waals surface area contributed by atoms with Gasteiger partial charge in [-0.15, -0.1) is 0 Å². The van der Waals surface area contributed by atoms with Gasteiger partial charge in [0.25, 0.3) is 0 Å². The molecular weight excluding hydrogens is 182 g/mol. The smallest absolute Gasteiger partial charge is 0.121 e. The van der Waals surface area contributed by atoms with Crippen LogP contribution < -0.4 is 5.73 Å². The number of hydrogen-bond donors (Lipinski definition) is 1. The number of furan rings is 1. The molecule has 72 valence electrons. The van der Waals surface area contributed by atoms with Gasteiger partial charge in [-0.3, -0.25) is 0 Å². The van der Waals surface area contributed by atoms with E-state index in [1.807, 2.05) is 30.8 Å². The molecule has 2 rings (SSSR count). The zero-order valence-electron chi connectivity index (χ0n) is 7.82. The second-order valence-electron chi connectivity index (χ2n) is 3.53. The lowest BCUT2D eigenvalue weighted by molar-refractivity contribution is 0.437. The predicted molar refractivity (Wildman–Crippen MR) is 55.9 cm³/mol. The van der Waals surface area contributed by atoms with Crippen LogP contribution in [0.3, 0.4) is 0 Å². The van der Waals surface area contributed by atoms with E-state index in [1.165, 1.54) is 18.6 Å². The summed E-state index contributed by atoms with van der Waals surface area (Å²) in [7, 11) is 0. The molecule has 1 unspecified atom stereocenters. The van der Waals surface area contributed by atoms with Crippen molar-refractivity contribution in [2.75, 3.05) is 5.75 Å². The van der Waals surface area contributed by atoms with E-state index in [2.05, 4.69) is 0 Å². The molecule has 2 atom stereocenters. The molecule has 1 saturated heterocycles. The summed E-state index contributed by atoms with van der Waals surface area (Å²) in [6.45, 7) is 1.96. The Morgan fingerprint density at radius 1 is 1.62 bits per heavy atom. The molecule has 1 aliphatic rings. The first-order valence-corrected chi connectivity index (χ1v) is 5.76. The van der Waals surface area contributed by atoms with Gasteiger partial charge in [0.2, 0.25) is 0 Å². The van der Waals surface area contributed by atoms with Gasteiger partial charge < -0.3 is 10.2 Å². The van der Waals surface area contributed by atoms with Crippen molar-refractivity contribution in [1.29, 1.82) is 0 Å². The van der Waals surface area contributed by atoms with Gasteiger partial charge in [-0.25, -0.2) is 0 Å². The highest BCUT2D eigenvalue weighted by atomic mass is 32.2. The van der Waals surface area contributed by atoms with Crippen LogP contribution in [0.25, 0.3) is 0 Å². The van der Waals surface area contributed by atoms with Gasteiger partial charge in [0, 0.05) is 5.25 Å². The summed E-state index contributed by atoms with van der Waals surface area (Å²) >= 11 is 1.97. The highest BCUT2D eigenvalue weighted by Crippen LogP contribution is 2.34. The van der Waals surface area contributed by atoms with E-state index in [4.69, 9.17) is 10.2 Å². The third-order valence-electron chi connectivity index (χ3n) is 2.46. The van der Waals surface area contributed by atoms with Crippen LogP contribution in [0.2, 0.25) is 0 Å². The van der Waals surface area contributed by atoms with Crippen LogP contribution in [-0.4, -0.2) is 11.0 Å². The average molecular weight is 197 g/mol. The molecule has 2 nitrogen and oxygen atoms in total. The molecule has 3 heteroatoms. The minimum absolute atomic E-state index is 0.0844. The van der Waals surface area contributed by atoms with E-state index in [-0.39, 0.29) is 6.04 Å². The second kappa shape index (κ2) is 3.76. The van der Waals surface area contributed by atoms with Crippen molar-refractivity contribution < 1.29 is 4.42 Å². The Morgan fingerprint density at radius 3 is 3.00 bits per heavy atom. The van der Waals surface area contributed by atoms with Crippen LogP contribution in [-0.2, 0) is 0 Å². The molecule has 0 amide bonds. The van der Waals surface area contributed by atoms with Crippen molar-refractivity contribution in [2.24, 2.45) is 5.73 Å². The molecular formula is C10H15NOS. The van der Waals surface area contributed by atoms with Gasteiger partial charge in [-0.2, -0.15) is 11.8 Å². The van der Waals surface area contributed by atoms with Gasteiger partial charge in [-0.1, -0.05) is 0 Å². The summed E-state index contributed by atoms with van der Waals surface area (Å²) in [6, 6.07) is 4.06. The third kappa shape index (κ3) is 1.92. The number of hydrogen-bond acceptors (Lipinski definition) is 3. The summed E-state index contributed by atoms with van der Waals surface area (Å²) < 4.78 is 5.52. The first kappa shape index (κ1) is 9.16. The molecule has 2 heterocycles. The van der Waals surface area contributed by atoms with Gasteiger partial charge in [0.1, 0.15) is 11.5 Å². The fourth-order valence-electron chi connectivity index (χ4n) is 1.70. The van der Waals surface area contributed by atoms with Crippen molar-refractivity contribution in [3.8, 4) is 0 Å². The zero-order chi connectivity index (χ0) is 9.26. The standard InChI is InChI=1S/C10H15NOS/c1-7-4-5-8(12-7)10(11)9-3-2-6-13-9/h4-5,9-10H,2-3,6,11H2,1H3/t9?,10-/m1/s1. The number of nitrogens with two attached hydrogens (primary N) is 1. The average Bonchev–Trinajstić information content (AvgIpc) is 2.72. The molecule has 1 aliphatic heterocycles. The van der Waals surface area contributed by atoms with Crippen LogP contribution in [0.1, 0.15) is 30.4 Å². The first-order valence-electron chi connectivity index (χ1n) is 4.71. The lowest BCUT2D eigenvalue weighted by atomic mass is 10.1. The Labute approximate surface area is 82.9 Å². The van der Waals surface area contributed by atoms with Crippen molar-refractivity contribution in [2.45, 2.75) is 31.1 Å². The Bertz CT molecular complexity index is 278. The number of aryl methyl sites for hydroxylation is 1. The Morgan fingerprint density at radius 2 is 2.46 bits per heavy atom. The Kier molecular flexibility index (Phi) is 2.65. The molecule has 0 bridgehead atoms. The van der Waals surface area contributed by atoms with Crippen molar-refractivity contribution >= 4 is 11.8 Å². The van der Waals surface area contributed by atoms with Crippen LogP contribution in [0.5, 0.6) is 0 Å². The topological polar surface area (TPSA) is 39.2 Å². The van der Waals surface area contributed by atoms with Crippen molar-refractivity contribution in [3.63, 3.8) is 0 Å². The Balaban J connectivity index is 2.07. The zero-order valence-corrected chi connectivity index (χ0v) is 8.64. The predicted octanol–water partition coefficient (Wildman–Crippen LogP) is 2.48. The molecule has 1 aromatic rings. The molecule has 13 heavy (non-hydrogen) atoms. The highest BCUT2D eigenvalue weighted by Gasteiger charge is 2.25. The monoisotopic (exact) mass is 197 g/mol. The first-order chi connectivity index (χ1) is 6.27. The van der Waals surface area contributed by atoms with Gasteiger partial charge in [-0.05, 0) is 37.7 Å². The van der Waals surface area contributed by atoms with E-state index in [1.54, 1.807) is 0 Å². The van der Waals surface area contributed by atoms with E-state index in [9.17, 15) is 0 Å². The van der Waals surface area contributed by atoms with E-state index in [0.29, 0.717) is 5.25 Å². The van der Waals surface area contributed by atoms with Crippen molar-refractivity contribution in [3.05, 3.63) is 23.7 Å². The van der Waals surface area contributed by atoms with Crippen LogP contribution in [0.4, 0.5) is 0 Å². The molecule has 0 aliphatic carbocycles. The van der Waals surface area contributed by atoms with Crippen LogP contribution in [0.15, 0.2) is 16.5 Å². The summed E-state index contributed by atoms with van der Waals surface area (Å²) in [6.07, 6.45) is 2.52. The van der Waals surface area contributed by atoms with Crippen LogP contribution in [0, 0.1) is 6.92 Å². The normalized spacial score (nSPS) is 24.9. The largest absolute Gasteiger partial charge is 0.465 e. The van der Waals surface area contributed by atoms with Gasteiger partial charge in [0.05, 0.1) is 6.04 Å². The fraction of sp³-hybridized carbons (Fsp3) is 0.600. The molecule has 0 radical (unpaired) electrons. The van der Waals surface area contributed by atoms with E-state index < -0.39 is 0 Å². The highest BCUT2D eigenvalue weighted by molar-refractivity contribution is 8.00. The number of rotatable bonds is 2. The van der Waals surface area contributed by atoms with Crippen LogP contribution >= 0.6 is 11.8 Å². The summed E-state index contributed by atoms with van der Waals surface area (Å²) in [5.74, 6) is 3.14. The number of thioether (sulfide) groups is 1. The lowest BCUT2D eigenvalue weighted by Gasteiger charge is -2.15.